The average molecular weight is 318 g/mol. The maximum Gasteiger partial charge on any atom is 0.239 e. The molecule has 1 aromatic rings. The molecule has 0 unspecified atom stereocenters. The molecule has 0 atom stereocenters. The number of halogens is 2. The number of benzene rings is 1. The van der Waals surface area contributed by atoms with Crippen molar-refractivity contribution in [2.45, 2.75) is 13.3 Å². The van der Waals surface area contributed by atoms with E-state index in [0.29, 0.717) is 22.4 Å². The molecule has 0 spiro atoms. The SMILES string of the molecule is CCCN(CC(=O)NC)c1cc(F)c(Br)cc1N. The van der Waals surface area contributed by atoms with Crippen molar-refractivity contribution in [2.75, 3.05) is 30.8 Å². The first-order valence-corrected chi connectivity index (χ1v) is 6.49. The van der Waals surface area contributed by atoms with Crippen molar-refractivity contribution < 1.29 is 9.18 Å². The summed E-state index contributed by atoms with van der Waals surface area (Å²) in [5, 5.41) is 2.54. The molecule has 1 amide bonds. The van der Waals surface area contributed by atoms with Crippen LogP contribution in [0.2, 0.25) is 0 Å². The van der Waals surface area contributed by atoms with Crippen molar-refractivity contribution in [2.24, 2.45) is 0 Å². The van der Waals surface area contributed by atoms with Crippen LogP contribution < -0.4 is 16.0 Å². The monoisotopic (exact) mass is 317 g/mol. The minimum atomic E-state index is -0.391. The number of nitrogen functional groups attached to an aromatic ring is 1. The van der Waals surface area contributed by atoms with E-state index >= 15 is 0 Å². The van der Waals surface area contributed by atoms with Gasteiger partial charge in [-0.05, 0) is 28.4 Å². The lowest BCUT2D eigenvalue weighted by Crippen LogP contribution is -2.36. The van der Waals surface area contributed by atoms with Crippen molar-refractivity contribution in [3.05, 3.63) is 22.4 Å². The highest BCUT2D eigenvalue weighted by Gasteiger charge is 2.15. The Bertz CT molecular complexity index is 440. The number of anilines is 2. The molecule has 0 aliphatic heterocycles. The number of nitrogens with zero attached hydrogens (tertiary/aromatic N) is 1. The van der Waals surface area contributed by atoms with Crippen LogP contribution in [-0.2, 0) is 4.79 Å². The highest BCUT2D eigenvalue weighted by molar-refractivity contribution is 9.10. The van der Waals surface area contributed by atoms with Crippen molar-refractivity contribution in [3.8, 4) is 0 Å². The smallest absolute Gasteiger partial charge is 0.239 e. The van der Waals surface area contributed by atoms with E-state index in [2.05, 4.69) is 21.2 Å². The number of hydrogen-bond acceptors (Lipinski definition) is 3. The fourth-order valence-corrected chi connectivity index (χ4v) is 1.99. The summed E-state index contributed by atoms with van der Waals surface area (Å²) in [5.74, 6) is -0.525. The van der Waals surface area contributed by atoms with Gasteiger partial charge in [0.1, 0.15) is 5.82 Å². The van der Waals surface area contributed by atoms with Gasteiger partial charge in [0.2, 0.25) is 5.91 Å². The number of nitrogens with two attached hydrogens (primary N) is 1. The zero-order chi connectivity index (χ0) is 13.7. The number of carbonyl (C=O) groups is 1. The Balaban J connectivity index is 3.05. The van der Waals surface area contributed by atoms with Gasteiger partial charge in [0.25, 0.3) is 0 Å². The molecule has 0 saturated heterocycles. The molecule has 0 aliphatic rings. The first-order chi connectivity index (χ1) is 8.49. The number of likely N-dealkylation sites (N-methyl/N-ethyl adjacent to an activating group) is 1. The Kier molecular flexibility index (Phi) is 5.40. The van der Waals surface area contributed by atoms with Gasteiger partial charge in [0.05, 0.1) is 22.4 Å². The second-order valence-corrected chi connectivity index (χ2v) is 4.77. The van der Waals surface area contributed by atoms with Gasteiger partial charge in [-0.2, -0.15) is 0 Å². The van der Waals surface area contributed by atoms with E-state index in [1.165, 1.54) is 12.1 Å². The molecule has 0 heterocycles. The summed E-state index contributed by atoms with van der Waals surface area (Å²) in [6, 6.07) is 2.86. The van der Waals surface area contributed by atoms with Gasteiger partial charge in [0, 0.05) is 19.7 Å². The van der Waals surface area contributed by atoms with Crippen molar-refractivity contribution in [1.82, 2.24) is 5.32 Å². The van der Waals surface area contributed by atoms with E-state index in [9.17, 15) is 9.18 Å². The van der Waals surface area contributed by atoms with Crippen LogP contribution >= 0.6 is 15.9 Å². The second kappa shape index (κ2) is 6.58. The lowest BCUT2D eigenvalue weighted by molar-refractivity contribution is -0.119. The van der Waals surface area contributed by atoms with Crippen molar-refractivity contribution in [1.29, 1.82) is 0 Å². The third-order valence-electron chi connectivity index (χ3n) is 2.52. The number of amides is 1. The van der Waals surface area contributed by atoms with Gasteiger partial charge < -0.3 is 16.0 Å². The minimum absolute atomic E-state index is 0.133. The normalized spacial score (nSPS) is 10.2. The van der Waals surface area contributed by atoms with Gasteiger partial charge in [-0.15, -0.1) is 0 Å². The summed E-state index contributed by atoms with van der Waals surface area (Å²) in [7, 11) is 1.57. The highest BCUT2D eigenvalue weighted by atomic mass is 79.9. The van der Waals surface area contributed by atoms with Crippen LogP contribution in [0.15, 0.2) is 16.6 Å². The fourth-order valence-electron chi connectivity index (χ4n) is 1.63. The Morgan fingerprint density at radius 1 is 1.56 bits per heavy atom. The largest absolute Gasteiger partial charge is 0.397 e. The molecule has 0 fully saturated rings. The van der Waals surface area contributed by atoms with Crippen LogP contribution in [0.3, 0.4) is 0 Å². The average Bonchev–Trinajstić information content (AvgIpc) is 2.33. The highest BCUT2D eigenvalue weighted by Crippen LogP contribution is 2.29. The number of nitrogens with one attached hydrogen (secondary N) is 1. The van der Waals surface area contributed by atoms with Crippen LogP contribution in [0.25, 0.3) is 0 Å². The second-order valence-electron chi connectivity index (χ2n) is 3.92. The van der Waals surface area contributed by atoms with Gasteiger partial charge in [-0.25, -0.2) is 4.39 Å². The van der Waals surface area contributed by atoms with Crippen molar-refractivity contribution in [3.63, 3.8) is 0 Å². The maximum atomic E-state index is 13.5. The topological polar surface area (TPSA) is 58.4 Å². The Morgan fingerprint density at radius 3 is 2.78 bits per heavy atom. The maximum absolute atomic E-state index is 13.5. The molecule has 0 aliphatic carbocycles. The summed E-state index contributed by atoms with van der Waals surface area (Å²) in [5.41, 5.74) is 6.86. The molecule has 4 nitrogen and oxygen atoms in total. The van der Waals surface area contributed by atoms with E-state index < -0.39 is 5.82 Å². The Hall–Kier alpha value is -1.30. The molecule has 0 bridgehead atoms. The molecule has 0 aromatic heterocycles. The van der Waals surface area contributed by atoms with Gasteiger partial charge in [-0.1, -0.05) is 6.92 Å². The van der Waals surface area contributed by atoms with Crippen LogP contribution in [-0.4, -0.2) is 26.0 Å². The first kappa shape index (κ1) is 14.8. The third-order valence-corrected chi connectivity index (χ3v) is 3.12. The molecule has 6 heteroatoms. The van der Waals surface area contributed by atoms with E-state index in [-0.39, 0.29) is 12.5 Å². The number of carbonyl (C=O) groups excluding carboxylic acids is 1. The zero-order valence-corrected chi connectivity index (χ0v) is 12.1. The molecule has 0 saturated carbocycles. The molecule has 100 valence electrons. The Labute approximate surface area is 114 Å². The van der Waals surface area contributed by atoms with E-state index in [1.807, 2.05) is 6.92 Å². The summed E-state index contributed by atoms with van der Waals surface area (Å²) in [6.07, 6.45) is 0.841. The number of hydrogen-bond donors (Lipinski definition) is 2. The predicted molar refractivity (Wildman–Crippen MR) is 75.1 cm³/mol. The summed E-state index contributed by atoms with van der Waals surface area (Å²) < 4.78 is 13.9. The molecule has 18 heavy (non-hydrogen) atoms. The van der Waals surface area contributed by atoms with Gasteiger partial charge >= 0.3 is 0 Å². The van der Waals surface area contributed by atoms with Crippen LogP contribution in [0.5, 0.6) is 0 Å². The molecular formula is C12H17BrFN3O. The zero-order valence-electron chi connectivity index (χ0n) is 10.5. The standard InChI is InChI=1S/C12H17BrFN3O/c1-3-4-17(7-12(18)16-2)11-6-9(14)8(13)5-10(11)15/h5-6H,3-4,7,15H2,1-2H3,(H,16,18). The van der Waals surface area contributed by atoms with E-state index in [0.717, 1.165) is 6.42 Å². The molecule has 0 radical (unpaired) electrons. The Morgan fingerprint density at radius 2 is 2.22 bits per heavy atom. The predicted octanol–water partition coefficient (Wildman–Crippen LogP) is 2.13. The van der Waals surface area contributed by atoms with Crippen molar-refractivity contribution >= 4 is 33.2 Å². The van der Waals surface area contributed by atoms with E-state index in [4.69, 9.17) is 5.73 Å². The molecule has 1 aromatic carbocycles. The summed E-state index contributed by atoms with van der Waals surface area (Å²) >= 11 is 3.08. The van der Waals surface area contributed by atoms with Crippen LogP contribution in [0.1, 0.15) is 13.3 Å². The first-order valence-electron chi connectivity index (χ1n) is 5.69. The summed E-state index contributed by atoms with van der Waals surface area (Å²) in [4.78, 5) is 13.2. The van der Waals surface area contributed by atoms with Gasteiger partial charge in [0.15, 0.2) is 0 Å². The summed E-state index contributed by atoms with van der Waals surface area (Å²) in [6.45, 7) is 2.79. The molecular weight excluding hydrogens is 301 g/mol. The lowest BCUT2D eigenvalue weighted by Gasteiger charge is -2.25. The number of rotatable bonds is 5. The minimum Gasteiger partial charge on any atom is -0.397 e. The van der Waals surface area contributed by atoms with E-state index in [1.54, 1.807) is 11.9 Å². The van der Waals surface area contributed by atoms with Crippen LogP contribution in [0, 0.1) is 5.82 Å². The van der Waals surface area contributed by atoms with Gasteiger partial charge in [-0.3, -0.25) is 4.79 Å². The fraction of sp³-hybridized carbons (Fsp3) is 0.417. The molecule has 3 N–H and O–H groups in total. The van der Waals surface area contributed by atoms with Crippen LogP contribution in [0.4, 0.5) is 15.8 Å². The quantitative estimate of drug-likeness (QED) is 0.818. The molecule has 1 rings (SSSR count). The lowest BCUT2D eigenvalue weighted by atomic mass is 10.2. The third kappa shape index (κ3) is 3.60.